The zero-order valence-electron chi connectivity index (χ0n) is 8.07. The van der Waals surface area contributed by atoms with Crippen molar-refractivity contribution in [3.63, 3.8) is 0 Å². The van der Waals surface area contributed by atoms with Crippen molar-refractivity contribution >= 4 is 0 Å². The Kier molecular flexibility index (Phi) is 3.90. The average Bonchev–Trinajstić information content (AvgIpc) is 2.20. The minimum absolute atomic E-state index is 0. The summed E-state index contributed by atoms with van der Waals surface area (Å²) >= 11 is 0. The first-order valence-electron chi connectivity index (χ1n) is 4.49. The van der Waals surface area contributed by atoms with E-state index in [1.807, 2.05) is 6.07 Å². The van der Waals surface area contributed by atoms with Crippen LogP contribution in [0.2, 0.25) is 0 Å². The molecule has 0 atom stereocenters. The smallest absolute Gasteiger partial charge is 0.0155 e. The lowest BCUT2D eigenvalue weighted by atomic mass is 10.0. The van der Waals surface area contributed by atoms with Crippen LogP contribution in [0, 0.1) is 6.92 Å². The van der Waals surface area contributed by atoms with Crippen molar-refractivity contribution in [2.75, 3.05) is 0 Å². The quantitative estimate of drug-likeness (QED) is 0.695. The summed E-state index contributed by atoms with van der Waals surface area (Å²) in [5.41, 5.74) is 3.94. The molecule has 0 amide bonds. The second kappa shape index (κ2) is 4.97. The van der Waals surface area contributed by atoms with Crippen LogP contribution in [-0.2, 0) is 0 Å². The highest BCUT2D eigenvalue weighted by Crippen LogP contribution is 2.21. The van der Waals surface area contributed by atoms with Crippen molar-refractivity contribution in [1.29, 1.82) is 0 Å². The van der Waals surface area contributed by atoms with Crippen LogP contribution in [0.15, 0.2) is 54.6 Å². The van der Waals surface area contributed by atoms with Gasteiger partial charge in [0.15, 0.2) is 0 Å². The molecular formula is C13H12Br-. The molecule has 0 aliphatic heterocycles. The Bertz CT molecular complexity index is 393. The predicted molar refractivity (Wildman–Crippen MR) is 56.6 cm³/mol. The molecule has 0 nitrogen and oxygen atoms in total. The standard InChI is InChI=1S/C13H12.BrH/c1-11-7-5-6-10-13(11)12-8-3-2-4-9-12;/h2-10H,1H3;1H/p-1. The van der Waals surface area contributed by atoms with Crippen LogP contribution < -0.4 is 17.0 Å². The van der Waals surface area contributed by atoms with Crippen molar-refractivity contribution < 1.29 is 17.0 Å². The molecular weight excluding hydrogens is 236 g/mol. The van der Waals surface area contributed by atoms with Crippen LogP contribution in [0.4, 0.5) is 0 Å². The molecule has 0 spiro atoms. The monoisotopic (exact) mass is 247 g/mol. The van der Waals surface area contributed by atoms with Gasteiger partial charge in [-0.15, -0.1) is 0 Å². The van der Waals surface area contributed by atoms with Gasteiger partial charge in [-0.1, -0.05) is 54.6 Å². The van der Waals surface area contributed by atoms with E-state index in [0.717, 1.165) is 0 Å². The van der Waals surface area contributed by atoms with Crippen molar-refractivity contribution in [3.8, 4) is 11.1 Å². The summed E-state index contributed by atoms with van der Waals surface area (Å²) in [4.78, 5) is 0. The Morgan fingerprint density at radius 1 is 0.714 bits per heavy atom. The van der Waals surface area contributed by atoms with E-state index in [-0.39, 0.29) is 17.0 Å². The minimum atomic E-state index is 0. The summed E-state index contributed by atoms with van der Waals surface area (Å²) in [7, 11) is 0. The maximum Gasteiger partial charge on any atom is -0.0155 e. The molecule has 0 aliphatic carbocycles. The number of halogens is 1. The van der Waals surface area contributed by atoms with Gasteiger partial charge < -0.3 is 17.0 Å². The van der Waals surface area contributed by atoms with E-state index >= 15 is 0 Å². The van der Waals surface area contributed by atoms with Gasteiger partial charge in [0.2, 0.25) is 0 Å². The molecule has 0 radical (unpaired) electrons. The maximum absolute atomic E-state index is 2.16. The van der Waals surface area contributed by atoms with Gasteiger partial charge in [-0.2, -0.15) is 0 Å². The Balaban J connectivity index is 0.000000980. The molecule has 14 heavy (non-hydrogen) atoms. The van der Waals surface area contributed by atoms with Crippen LogP contribution in [0.25, 0.3) is 11.1 Å². The first kappa shape index (κ1) is 11.0. The van der Waals surface area contributed by atoms with E-state index in [9.17, 15) is 0 Å². The number of aryl methyl sites for hydroxylation is 1. The Morgan fingerprint density at radius 3 is 1.93 bits per heavy atom. The van der Waals surface area contributed by atoms with Crippen molar-refractivity contribution in [2.45, 2.75) is 6.92 Å². The van der Waals surface area contributed by atoms with Gasteiger partial charge in [0.25, 0.3) is 0 Å². The van der Waals surface area contributed by atoms with Gasteiger partial charge in [0, 0.05) is 0 Å². The van der Waals surface area contributed by atoms with Crippen LogP contribution in [0.3, 0.4) is 0 Å². The molecule has 2 rings (SSSR count). The van der Waals surface area contributed by atoms with E-state index < -0.39 is 0 Å². The van der Waals surface area contributed by atoms with Crippen LogP contribution in [0.1, 0.15) is 5.56 Å². The van der Waals surface area contributed by atoms with E-state index in [1.165, 1.54) is 16.7 Å². The summed E-state index contributed by atoms with van der Waals surface area (Å²) in [6.07, 6.45) is 0. The topological polar surface area (TPSA) is 0 Å². The van der Waals surface area contributed by atoms with E-state index in [1.54, 1.807) is 0 Å². The fraction of sp³-hybridized carbons (Fsp3) is 0.0769. The zero-order valence-corrected chi connectivity index (χ0v) is 9.66. The lowest BCUT2D eigenvalue weighted by molar-refractivity contribution is -0.00000261. The lowest BCUT2D eigenvalue weighted by Crippen LogP contribution is -3.00. The molecule has 0 fully saturated rings. The van der Waals surface area contributed by atoms with Crippen LogP contribution in [0.5, 0.6) is 0 Å². The van der Waals surface area contributed by atoms with Gasteiger partial charge in [-0.25, -0.2) is 0 Å². The molecule has 0 bridgehead atoms. The average molecular weight is 248 g/mol. The zero-order chi connectivity index (χ0) is 9.10. The van der Waals surface area contributed by atoms with Crippen molar-refractivity contribution in [2.24, 2.45) is 0 Å². The summed E-state index contributed by atoms with van der Waals surface area (Å²) in [5, 5.41) is 0. The number of benzene rings is 2. The van der Waals surface area contributed by atoms with E-state index in [2.05, 4.69) is 55.5 Å². The molecule has 0 saturated carbocycles. The SMILES string of the molecule is Cc1ccccc1-c1ccccc1.[Br-]. The highest BCUT2D eigenvalue weighted by molar-refractivity contribution is 5.66. The minimum Gasteiger partial charge on any atom is -1.00 e. The van der Waals surface area contributed by atoms with Gasteiger partial charge in [0.1, 0.15) is 0 Å². The molecule has 0 unspecified atom stereocenters. The summed E-state index contributed by atoms with van der Waals surface area (Å²) in [5.74, 6) is 0. The Morgan fingerprint density at radius 2 is 1.29 bits per heavy atom. The van der Waals surface area contributed by atoms with Gasteiger partial charge in [0.05, 0.1) is 0 Å². The normalized spacial score (nSPS) is 9.21. The molecule has 0 aromatic heterocycles. The highest BCUT2D eigenvalue weighted by atomic mass is 79.9. The number of hydrogen-bond donors (Lipinski definition) is 0. The second-order valence-electron chi connectivity index (χ2n) is 3.18. The van der Waals surface area contributed by atoms with Crippen LogP contribution >= 0.6 is 0 Å². The molecule has 2 aromatic carbocycles. The molecule has 2 aromatic rings. The third-order valence-electron chi connectivity index (χ3n) is 2.23. The molecule has 0 saturated heterocycles. The van der Waals surface area contributed by atoms with Gasteiger partial charge in [-0.05, 0) is 23.6 Å². The van der Waals surface area contributed by atoms with E-state index in [0.29, 0.717) is 0 Å². The summed E-state index contributed by atoms with van der Waals surface area (Å²) in [6, 6.07) is 18.9. The number of hydrogen-bond acceptors (Lipinski definition) is 0. The van der Waals surface area contributed by atoms with Crippen molar-refractivity contribution in [1.82, 2.24) is 0 Å². The Hall–Kier alpha value is -1.08. The van der Waals surface area contributed by atoms with Crippen molar-refractivity contribution in [3.05, 3.63) is 60.2 Å². The van der Waals surface area contributed by atoms with Crippen LogP contribution in [-0.4, -0.2) is 0 Å². The lowest BCUT2D eigenvalue weighted by Gasteiger charge is -2.04. The van der Waals surface area contributed by atoms with E-state index in [4.69, 9.17) is 0 Å². The maximum atomic E-state index is 2.16. The first-order chi connectivity index (χ1) is 6.38. The number of rotatable bonds is 1. The third-order valence-corrected chi connectivity index (χ3v) is 2.23. The largest absolute Gasteiger partial charge is 1.00 e. The van der Waals surface area contributed by atoms with Gasteiger partial charge in [-0.3, -0.25) is 0 Å². The molecule has 0 aliphatic rings. The molecule has 0 N–H and O–H groups in total. The first-order valence-corrected chi connectivity index (χ1v) is 4.49. The van der Waals surface area contributed by atoms with Gasteiger partial charge >= 0.3 is 0 Å². The molecule has 0 heterocycles. The summed E-state index contributed by atoms with van der Waals surface area (Å²) in [6.45, 7) is 2.14. The summed E-state index contributed by atoms with van der Waals surface area (Å²) < 4.78 is 0. The predicted octanol–water partition coefficient (Wildman–Crippen LogP) is 0.666. The second-order valence-corrected chi connectivity index (χ2v) is 3.18. The fourth-order valence-electron chi connectivity index (χ4n) is 1.51. The third kappa shape index (κ3) is 2.24. The Labute approximate surface area is 95.4 Å². The highest BCUT2D eigenvalue weighted by Gasteiger charge is 1.97. The fourth-order valence-corrected chi connectivity index (χ4v) is 1.51. The molecule has 1 heteroatoms. The molecule has 72 valence electrons.